The molecule has 1 fully saturated rings. The van der Waals surface area contributed by atoms with E-state index in [2.05, 4.69) is 33.2 Å². The van der Waals surface area contributed by atoms with Gasteiger partial charge in [-0.15, -0.1) is 24.0 Å². The molecular weight excluding hydrogens is 453 g/mol. The molecule has 1 aliphatic rings. The van der Waals surface area contributed by atoms with Gasteiger partial charge in [-0.25, -0.2) is 4.79 Å². The van der Waals surface area contributed by atoms with Crippen LogP contribution in [0, 0.1) is 5.41 Å². The minimum atomic E-state index is -0.184. The normalized spacial score (nSPS) is 15.4. The quantitative estimate of drug-likeness (QED) is 0.266. The zero-order valence-corrected chi connectivity index (χ0v) is 19.2. The van der Waals surface area contributed by atoms with E-state index in [0.717, 1.165) is 23.8 Å². The standard InChI is InChI=1S/C20H33N5O.HI/c1-5-20(11-6-12-20)14-23-18(21-4)22-13-16-7-9-17(10-8-16)25-19(26)24-15(2)3;/h7-10,15H,5-6,11-14H2,1-4H3,(H2,21,22,23)(H2,24,25,26);1H. The lowest BCUT2D eigenvalue weighted by Gasteiger charge is -2.41. The number of halogens is 1. The number of anilines is 1. The summed E-state index contributed by atoms with van der Waals surface area (Å²) in [5.74, 6) is 0.836. The van der Waals surface area contributed by atoms with E-state index in [1.54, 1.807) is 7.05 Å². The molecule has 1 aliphatic carbocycles. The molecule has 0 saturated heterocycles. The van der Waals surface area contributed by atoms with Crippen molar-refractivity contribution in [2.75, 3.05) is 18.9 Å². The number of aliphatic imine (C=N–C) groups is 1. The molecule has 0 heterocycles. The van der Waals surface area contributed by atoms with Crippen LogP contribution >= 0.6 is 24.0 Å². The summed E-state index contributed by atoms with van der Waals surface area (Å²) in [5, 5.41) is 12.5. The number of hydrogen-bond acceptors (Lipinski definition) is 2. The number of urea groups is 1. The molecule has 1 saturated carbocycles. The van der Waals surface area contributed by atoms with Gasteiger partial charge in [0.25, 0.3) is 0 Å². The molecule has 0 aromatic heterocycles. The number of nitrogens with one attached hydrogen (secondary N) is 4. The van der Waals surface area contributed by atoms with Crippen molar-refractivity contribution in [1.82, 2.24) is 16.0 Å². The van der Waals surface area contributed by atoms with Gasteiger partial charge in [-0.1, -0.05) is 25.5 Å². The maximum absolute atomic E-state index is 11.7. The van der Waals surface area contributed by atoms with Crippen LogP contribution in [0.1, 0.15) is 52.0 Å². The molecule has 2 rings (SSSR count). The van der Waals surface area contributed by atoms with Gasteiger partial charge in [-0.3, -0.25) is 4.99 Å². The van der Waals surface area contributed by atoms with Crippen molar-refractivity contribution in [2.24, 2.45) is 10.4 Å². The number of amides is 2. The maximum Gasteiger partial charge on any atom is 0.319 e. The lowest BCUT2D eigenvalue weighted by Crippen LogP contribution is -2.46. The Morgan fingerprint density at radius 2 is 1.85 bits per heavy atom. The predicted octanol–water partition coefficient (Wildman–Crippen LogP) is 4.08. The van der Waals surface area contributed by atoms with Crippen LogP contribution in [0.25, 0.3) is 0 Å². The predicted molar refractivity (Wildman–Crippen MR) is 124 cm³/mol. The van der Waals surface area contributed by atoms with E-state index in [1.165, 1.54) is 25.7 Å². The van der Waals surface area contributed by atoms with E-state index in [4.69, 9.17) is 0 Å². The first-order valence-electron chi connectivity index (χ1n) is 9.57. The van der Waals surface area contributed by atoms with Gasteiger partial charge in [0.15, 0.2) is 5.96 Å². The van der Waals surface area contributed by atoms with Crippen molar-refractivity contribution < 1.29 is 4.79 Å². The summed E-state index contributed by atoms with van der Waals surface area (Å²) in [6.45, 7) is 7.81. The van der Waals surface area contributed by atoms with Gasteiger partial charge in [0.05, 0.1) is 0 Å². The highest BCUT2D eigenvalue weighted by atomic mass is 127. The topological polar surface area (TPSA) is 77.6 Å². The monoisotopic (exact) mass is 487 g/mol. The van der Waals surface area contributed by atoms with Gasteiger partial charge in [0.2, 0.25) is 0 Å². The summed E-state index contributed by atoms with van der Waals surface area (Å²) in [4.78, 5) is 16.0. The number of benzene rings is 1. The lowest BCUT2D eigenvalue weighted by atomic mass is 9.67. The van der Waals surface area contributed by atoms with Crippen LogP contribution in [0.15, 0.2) is 29.3 Å². The Morgan fingerprint density at radius 3 is 2.33 bits per heavy atom. The molecule has 27 heavy (non-hydrogen) atoms. The molecule has 152 valence electrons. The number of hydrogen-bond donors (Lipinski definition) is 4. The zero-order chi connectivity index (χ0) is 19.0. The van der Waals surface area contributed by atoms with Crippen LogP contribution in [0.4, 0.5) is 10.5 Å². The van der Waals surface area contributed by atoms with Crippen LogP contribution < -0.4 is 21.3 Å². The molecule has 1 aromatic carbocycles. The van der Waals surface area contributed by atoms with Crippen molar-refractivity contribution in [3.05, 3.63) is 29.8 Å². The molecule has 0 radical (unpaired) electrons. The molecule has 4 N–H and O–H groups in total. The smallest absolute Gasteiger partial charge is 0.319 e. The van der Waals surface area contributed by atoms with Gasteiger partial charge < -0.3 is 21.3 Å². The van der Waals surface area contributed by atoms with Crippen molar-refractivity contribution in [3.8, 4) is 0 Å². The minimum Gasteiger partial charge on any atom is -0.356 e. The Balaban J connectivity index is 0.00000364. The van der Waals surface area contributed by atoms with Gasteiger partial charge in [0, 0.05) is 31.9 Å². The van der Waals surface area contributed by atoms with Crippen molar-refractivity contribution >= 4 is 41.7 Å². The molecule has 6 nitrogen and oxygen atoms in total. The Labute approximate surface area is 180 Å². The van der Waals surface area contributed by atoms with Crippen LogP contribution in [-0.2, 0) is 6.54 Å². The molecule has 7 heteroatoms. The van der Waals surface area contributed by atoms with Gasteiger partial charge in [0.1, 0.15) is 0 Å². The summed E-state index contributed by atoms with van der Waals surface area (Å²) < 4.78 is 0. The summed E-state index contributed by atoms with van der Waals surface area (Å²) >= 11 is 0. The molecule has 1 aromatic rings. The van der Waals surface area contributed by atoms with E-state index < -0.39 is 0 Å². The second kappa shape index (κ2) is 11.4. The molecule has 0 aliphatic heterocycles. The third-order valence-electron chi connectivity index (χ3n) is 5.11. The third kappa shape index (κ3) is 7.56. The van der Waals surface area contributed by atoms with Gasteiger partial charge >= 0.3 is 6.03 Å². The van der Waals surface area contributed by atoms with Crippen LogP contribution in [0.2, 0.25) is 0 Å². The van der Waals surface area contributed by atoms with E-state index in [9.17, 15) is 4.79 Å². The first-order valence-corrected chi connectivity index (χ1v) is 9.57. The molecular formula is C20H34IN5O. The number of carbonyl (C=O) groups is 1. The van der Waals surface area contributed by atoms with Crippen molar-refractivity contribution in [2.45, 2.75) is 59.0 Å². The number of nitrogens with zero attached hydrogens (tertiary/aromatic N) is 1. The van der Waals surface area contributed by atoms with E-state index in [1.807, 2.05) is 38.1 Å². The molecule has 0 atom stereocenters. The lowest BCUT2D eigenvalue weighted by molar-refractivity contribution is 0.131. The van der Waals surface area contributed by atoms with Crippen LogP contribution in [0.3, 0.4) is 0 Å². The first kappa shape index (κ1) is 23.5. The molecule has 0 bridgehead atoms. The number of guanidine groups is 1. The van der Waals surface area contributed by atoms with E-state index in [0.29, 0.717) is 12.0 Å². The number of rotatable bonds is 7. The second-order valence-corrected chi connectivity index (χ2v) is 7.44. The first-order chi connectivity index (χ1) is 12.5. The molecule has 0 unspecified atom stereocenters. The van der Waals surface area contributed by atoms with Gasteiger partial charge in [-0.2, -0.15) is 0 Å². The largest absolute Gasteiger partial charge is 0.356 e. The highest BCUT2D eigenvalue weighted by Gasteiger charge is 2.34. The van der Waals surface area contributed by atoms with Crippen molar-refractivity contribution in [1.29, 1.82) is 0 Å². The molecule has 2 amide bonds. The Hall–Kier alpha value is -1.51. The minimum absolute atomic E-state index is 0. The Kier molecular flexibility index (Phi) is 9.90. The van der Waals surface area contributed by atoms with E-state index >= 15 is 0 Å². The van der Waals surface area contributed by atoms with Crippen molar-refractivity contribution in [3.63, 3.8) is 0 Å². The van der Waals surface area contributed by atoms with Crippen LogP contribution in [0.5, 0.6) is 0 Å². The summed E-state index contributed by atoms with van der Waals surface area (Å²) in [5.41, 5.74) is 2.38. The van der Waals surface area contributed by atoms with E-state index in [-0.39, 0.29) is 36.0 Å². The second-order valence-electron chi connectivity index (χ2n) is 7.44. The van der Waals surface area contributed by atoms with Crippen LogP contribution in [-0.4, -0.2) is 31.6 Å². The van der Waals surface area contributed by atoms with Gasteiger partial charge in [-0.05, 0) is 56.2 Å². The fourth-order valence-corrected chi connectivity index (χ4v) is 3.15. The number of carbonyl (C=O) groups excluding carboxylic acids is 1. The summed E-state index contributed by atoms with van der Waals surface area (Å²) in [7, 11) is 1.80. The third-order valence-corrected chi connectivity index (χ3v) is 5.11. The SMILES string of the molecule is CCC1(CNC(=NC)NCc2ccc(NC(=O)NC(C)C)cc2)CCC1.I. The summed E-state index contributed by atoms with van der Waals surface area (Å²) in [6, 6.07) is 7.76. The summed E-state index contributed by atoms with van der Waals surface area (Å²) in [6.07, 6.45) is 5.19. The highest BCUT2D eigenvalue weighted by molar-refractivity contribution is 14.0. The average molecular weight is 487 g/mol. The fourth-order valence-electron chi connectivity index (χ4n) is 3.15. The zero-order valence-electron chi connectivity index (χ0n) is 16.9. The maximum atomic E-state index is 11.7. The average Bonchev–Trinajstić information content (AvgIpc) is 2.57. The Bertz CT molecular complexity index is 606. The molecule has 0 spiro atoms. The fraction of sp³-hybridized carbons (Fsp3) is 0.600. The Morgan fingerprint density at radius 1 is 1.19 bits per heavy atom. The highest BCUT2D eigenvalue weighted by Crippen LogP contribution is 2.42.